The molecule has 0 aromatic heterocycles. The lowest BCUT2D eigenvalue weighted by atomic mass is 9.91. The van der Waals surface area contributed by atoms with Gasteiger partial charge in [-0.1, -0.05) is 6.07 Å². The summed E-state index contributed by atoms with van der Waals surface area (Å²) in [5, 5.41) is 9.77. The lowest BCUT2D eigenvalue weighted by Gasteiger charge is -2.19. The second-order valence-electron chi connectivity index (χ2n) is 4.40. The minimum absolute atomic E-state index is 0.0268. The van der Waals surface area contributed by atoms with E-state index < -0.39 is 0 Å². The van der Waals surface area contributed by atoms with Crippen molar-refractivity contribution in [2.45, 2.75) is 31.3 Å². The highest BCUT2D eigenvalue weighted by atomic mass is 16.7. The van der Waals surface area contributed by atoms with E-state index in [1.807, 2.05) is 25.1 Å². The SMILES string of the molecule is CC(O)C1(c2ccc3c(c2)OCO3)CC1. The second kappa shape index (κ2) is 2.89. The van der Waals surface area contributed by atoms with Gasteiger partial charge in [0.1, 0.15) is 0 Å². The van der Waals surface area contributed by atoms with Crippen molar-refractivity contribution in [1.82, 2.24) is 0 Å². The minimum atomic E-state index is -0.294. The van der Waals surface area contributed by atoms with Crippen molar-refractivity contribution in [2.24, 2.45) is 0 Å². The summed E-state index contributed by atoms with van der Waals surface area (Å²) in [4.78, 5) is 0. The largest absolute Gasteiger partial charge is 0.454 e. The number of hydrogen-bond acceptors (Lipinski definition) is 3. The summed E-state index contributed by atoms with van der Waals surface area (Å²) in [5.41, 5.74) is 1.14. The molecule has 3 nitrogen and oxygen atoms in total. The molecule has 1 saturated carbocycles. The summed E-state index contributed by atoms with van der Waals surface area (Å²) in [6.45, 7) is 2.16. The standard InChI is InChI=1S/C12H14O3/c1-8(13)12(4-5-12)9-2-3-10-11(6-9)15-7-14-10/h2-3,6,8,13H,4-5,7H2,1H3. The van der Waals surface area contributed by atoms with E-state index in [0.717, 1.165) is 24.3 Å². The predicted molar refractivity (Wildman–Crippen MR) is 55.2 cm³/mol. The van der Waals surface area contributed by atoms with E-state index in [4.69, 9.17) is 9.47 Å². The fourth-order valence-corrected chi connectivity index (χ4v) is 2.29. The molecule has 1 N–H and O–H groups in total. The van der Waals surface area contributed by atoms with Gasteiger partial charge in [-0.05, 0) is 37.5 Å². The molecule has 0 amide bonds. The maximum Gasteiger partial charge on any atom is 0.231 e. The van der Waals surface area contributed by atoms with E-state index in [1.54, 1.807) is 0 Å². The number of aliphatic hydroxyl groups is 1. The lowest BCUT2D eigenvalue weighted by molar-refractivity contribution is 0.150. The van der Waals surface area contributed by atoms with Crippen LogP contribution in [0.25, 0.3) is 0 Å². The van der Waals surface area contributed by atoms with Crippen LogP contribution in [0.2, 0.25) is 0 Å². The van der Waals surface area contributed by atoms with Crippen LogP contribution >= 0.6 is 0 Å². The van der Waals surface area contributed by atoms with Gasteiger partial charge in [-0.25, -0.2) is 0 Å². The lowest BCUT2D eigenvalue weighted by Crippen LogP contribution is -2.22. The van der Waals surface area contributed by atoms with Crippen LogP contribution in [-0.2, 0) is 5.41 Å². The van der Waals surface area contributed by atoms with Crippen LogP contribution in [0, 0.1) is 0 Å². The molecule has 3 rings (SSSR count). The number of ether oxygens (including phenoxy) is 2. The molecular formula is C12H14O3. The third-order valence-corrected chi connectivity index (χ3v) is 3.54. The third kappa shape index (κ3) is 1.23. The Balaban J connectivity index is 2.00. The van der Waals surface area contributed by atoms with Crippen LogP contribution in [0.4, 0.5) is 0 Å². The summed E-state index contributed by atoms with van der Waals surface area (Å²) < 4.78 is 10.6. The zero-order chi connectivity index (χ0) is 10.5. The summed E-state index contributed by atoms with van der Waals surface area (Å²) in [7, 11) is 0. The van der Waals surface area contributed by atoms with Gasteiger partial charge in [0.05, 0.1) is 6.10 Å². The van der Waals surface area contributed by atoms with Crippen molar-refractivity contribution >= 4 is 0 Å². The van der Waals surface area contributed by atoms with Crippen molar-refractivity contribution < 1.29 is 14.6 Å². The van der Waals surface area contributed by atoms with Crippen LogP contribution in [0.15, 0.2) is 18.2 Å². The van der Waals surface area contributed by atoms with E-state index in [0.29, 0.717) is 6.79 Å². The van der Waals surface area contributed by atoms with Crippen molar-refractivity contribution in [2.75, 3.05) is 6.79 Å². The molecule has 1 aliphatic heterocycles. The van der Waals surface area contributed by atoms with Gasteiger partial charge in [-0.2, -0.15) is 0 Å². The fourth-order valence-electron chi connectivity index (χ4n) is 2.29. The molecule has 1 unspecified atom stereocenters. The van der Waals surface area contributed by atoms with E-state index in [-0.39, 0.29) is 11.5 Å². The van der Waals surface area contributed by atoms with Gasteiger partial charge in [0.25, 0.3) is 0 Å². The molecule has 0 saturated heterocycles. The predicted octanol–water partition coefficient (Wildman–Crippen LogP) is 1.83. The van der Waals surface area contributed by atoms with Crippen LogP contribution in [0.5, 0.6) is 11.5 Å². The number of rotatable bonds is 2. The summed E-state index contributed by atoms with van der Waals surface area (Å²) in [6, 6.07) is 5.97. The maximum atomic E-state index is 9.77. The first-order valence-corrected chi connectivity index (χ1v) is 5.30. The number of hydrogen-bond donors (Lipinski definition) is 1. The molecule has 1 aliphatic carbocycles. The molecular weight excluding hydrogens is 192 g/mol. The molecule has 0 bridgehead atoms. The van der Waals surface area contributed by atoms with E-state index in [9.17, 15) is 5.11 Å². The smallest absolute Gasteiger partial charge is 0.231 e. The highest BCUT2D eigenvalue weighted by Gasteiger charge is 2.48. The van der Waals surface area contributed by atoms with Gasteiger partial charge >= 0.3 is 0 Å². The van der Waals surface area contributed by atoms with Crippen molar-refractivity contribution in [3.8, 4) is 11.5 Å². The molecule has 1 aromatic carbocycles. The molecule has 0 spiro atoms. The van der Waals surface area contributed by atoms with Crippen LogP contribution < -0.4 is 9.47 Å². The monoisotopic (exact) mass is 206 g/mol. The maximum absolute atomic E-state index is 9.77. The molecule has 80 valence electrons. The van der Waals surface area contributed by atoms with E-state index in [1.165, 1.54) is 5.56 Å². The highest BCUT2D eigenvalue weighted by Crippen LogP contribution is 2.52. The average molecular weight is 206 g/mol. The summed E-state index contributed by atoms with van der Waals surface area (Å²) in [5.74, 6) is 1.61. The van der Waals surface area contributed by atoms with Crippen LogP contribution in [0.3, 0.4) is 0 Å². The quantitative estimate of drug-likeness (QED) is 0.802. The molecule has 1 atom stereocenters. The van der Waals surface area contributed by atoms with Crippen LogP contribution in [-0.4, -0.2) is 18.0 Å². The van der Waals surface area contributed by atoms with Gasteiger partial charge in [-0.15, -0.1) is 0 Å². The van der Waals surface area contributed by atoms with E-state index >= 15 is 0 Å². The molecule has 15 heavy (non-hydrogen) atoms. The first-order valence-electron chi connectivity index (χ1n) is 5.30. The summed E-state index contributed by atoms with van der Waals surface area (Å²) in [6.07, 6.45) is 1.83. The topological polar surface area (TPSA) is 38.7 Å². The number of benzene rings is 1. The molecule has 3 heteroatoms. The Morgan fingerprint density at radius 1 is 1.27 bits per heavy atom. The second-order valence-corrected chi connectivity index (χ2v) is 4.40. The zero-order valence-corrected chi connectivity index (χ0v) is 8.69. The van der Waals surface area contributed by atoms with Crippen molar-refractivity contribution in [3.05, 3.63) is 23.8 Å². The minimum Gasteiger partial charge on any atom is -0.454 e. The normalized spacial score (nSPS) is 22.5. The fraction of sp³-hybridized carbons (Fsp3) is 0.500. The van der Waals surface area contributed by atoms with Crippen molar-refractivity contribution in [3.63, 3.8) is 0 Å². The highest BCUT2D eigenvalue weighted by molar-refractivity contribution is 5.48. The Labute approximate surface area is 88.6 Å². The third-order valence-electron chi connectivity index (χ3n) is 3.54. The molecule has 1 fully saturated rings. The Hall–Kier alpha value is -1.22. The first-order chi connectivity index (χ1) is 7.22. The van der Waals surface area contributed by atoms with Gasteiger partial charge in [0.15, 0.2) is 11.5 Å². The van der Waals surface area contributed by atoms with Gasteiger partial charge in [-0.3, -0.25) is 0 Å². The number of aliphatic hydroxyl groups excluding tert-OH is 1. The van der Waals surface area contributed by atoms with Crippen LogP contribution in [0.1, 0.15) is 25.3 Å². The first kappa shape index (κ1) is 9.04. The Bertz CT molecular complexity index is 394. The van der Waals surface area contributed by atoms with E-state index in [2.05, 4.69) is 0 Å². The average Bonchev–Trinajstić information content (AvgIpc) is 2.91. The molecule has 1 heterocycles. The van der Waals surface area contributed by atoms with Crippen molar-refractivity contribution in [1.29, 1.82) is 0 Å². The molecule has 2 aliphatic rings. The Morgan fingerprint density at radius 3 is 2.67 bits per heavy atom. The van der Waals surface area contributed by atoms with Gasteiger partial charge in [0, 0.05) is 5.41 Å². The zero-order valence-electron chi connectivity index (χ0n) is 8.69. The Morgan fingerprint density at radius 2 is 2.00 bits per heavy atom. The summed E-state index contributed by atoms with van der Waals surface area (Å²) >= 11 is 0. The van der Waals surface area contributed by atoms with Gasteiger partial charge in [0.2, 0.25) is 6.79 Å². The molecule has 1 aromatic rings. The van der Waals surface area contributed by atoms with Gasteiger partial charge < -0.3 is 14.6 Å². The molecule has 0 radical (unpaired) electrons. The number of fused-ring (bicyclic) bond motifs is 1. The Kier molecular flexibility index (Phi) is 1.74.